The van der Waals surface area contributed by atoms with Crippen LogP contribution in [-0.2, 0) is 18.6 Å². The van der Waals surface area contributed by atoms with Crippen molar-refractivity contribution in [3.8, 4) is 0 Å². The topological polar surface area (TPSA) is 56.2 Å². The van der Waals surface area contributed by atoms with Gasteiger partial charge >= 0.3 is 5.63 Å². The van der Waals surface area contributed by atoms with Crippen LogP contribution >= 0.6 is 11.8 Å². The molecule has 4 nitrogen and oxygen atoms in total. The first-order valence-electron chi connectivity index (χ1n) is 8.84. The number of fused-ring (bicyclic) bond motifs is 4. The Morgan fingerprint density at radius 2 is 1.77 bits per heavy atom. The highest BCUT2D eigenvalue weighted by molar-refractivity contribution is 7.98. The summed E-state index contributed by atoms with van der Waals surface area (Å²) in [4.78, 5) is 16.9. The van der Waals surface area contributed by atoms with Gasteiger partial charge in [0.25, 0.3) is 5.22 Å². The summed E-state index contributed by atoms with van der Waals surface area (Å²) in [7, 11) is 0. The van der Waals surface area contributed by atoms with Gasteiger partial charge in [0.2, 0.25) is 0 Å². The molecular weight excluding hydrogens is 346 g/mol. The van der Waals surface area contributed by atoms with Crippen molar-refractivity contribution in [1.29, 1.82) is 0 Å². The molecule has 5 rings (SSSR count). The molecule has 0 saturated heterocycles. The average molecular weight is 363 g/mol. The summed E-state index contributed by atoms with van der Waals surface area (Å²) in [6.45, 7) is 0. The van der Waals surface area contributed by atoms with Crippen LogP contribution in [0.25, 0.3) is 22.1 Å². The summed E-state index contributed by atoms with van der Waals surface area (Å²) in [5, 5.41) is 1.63. The van der Waals surface area contributed by atoms with Gasteiger partial charge in [-0.15, -0.1) is 0 Å². The van der Waals surface area contributed by atoms with E-state index in [4.69, 9.17) is 8.83 Å². The Labute approximate surface area is 154 Å². The molecule has 0 spiro atoms. The molecule has 2 aromatic heterocycles. The Morgan fingerprint density at radius 3 is 2.62 bits per heavy atom. The zero-order valence-corrected chi connectivity index (χ0v) is 15.0. The molecule has 0 amide bonds. The van der Waals surface area contributed by atoms with E-state index in [0.29, 0.717) is 16.4 Å². The van der Waals surface area contributed by atoms with Crippen molar-refractivity contribution in [3.63, 3.8) is 0 Å². The highest BCUT2D eigenvalue weighted by Gasteiger charge is 2.19. The van der Waals surface area contributed by atoms with E-state index >= 15 is 0 Å². The second kappa shape index (κ2) is 6.32. The Bertz CT molecular complexity index is 1160. The second-order valence-electron chi connectivity index (χ2n) is 6.62. The van der Waals surface area contributed by atoms with Gasteiger partial charge in [0.1, 0.15) is 11.1 Å². The van der Waals surface area contributed by atoms with Crippen LogP contribution in [0, 0.1) is 0 Å². The number of aromatic nitrogens is 1. The minimum atomic E-state index is -0.204. The molecule has 0 saturated carbocycles. The number of nitrogens with zero attached hydrogens (tertiary/aromatic N) is 1. The van der Waals surface area contributed by atoms with E-state index in [-0.39, 0.29) is 5.63 Å². The molecule has 0 unspecified atom stereocenters. The molecule has 0 bridgehead atoms. The highest BCUT2D eigenvalue weighted by Crippen LogP contribution is 2.32. The van der Waals surface area contributed by atoms with Crippen LogP contribution in [0.2, 0.25) is 0 Å². The summed E-state index contributed by atoms with van der Waals surface area (Å²) >= 11 is 1.57. The van der Waals surface area contributed by atoms with Gasteiger partial charge in [-0.1, -0.05) is 42.1 Å². The zero-order chi connectivity index (χ0) is 17.5. The van der Waals surface area contributed by atoms with Crippen molar-refractivity contribution in [2.75, 3.05) is 0 Å². The standard InChI is InChI=1S/C21H17NO3S/c23-20-15-9-5-4-8-14(15)16-10-17-19(11-18(16)24-20)25-21(22-17)26-12-13-6-2-1-3-7-13/h1-3,6-7,10-11H,4-5,8-9,12H2. The number of benzene rings is 2. The van der Waals surface area contributed by atoms with Gasteiger partial charge in [0.05, 0.1) is 0 Å². The Balaban J connectivity index is 1.56. The van der Waals surface area contributed by atoms with E-state index in [1.807, 2.05) is 24.3 Å². The fourth-order valence-corrected chi connectivity index (χ4v) is 4.42. The Hall–Kier alpha value is -2.53. The van der Waals surface area contributed by atoms with Gasteiger partial charge in [-0.3, -0.25) is 0 Å². The fourth-order valence-electron chi connectivity index (χ4n) is 3.62. The van der Waals surface area contributed by atoms with Crippen LogP contribution in [0.4, 0.5) is 0 Å². The van der Waals surface area contributed by atoms with E-state index in [2.05, 4.69) is 17.1 Å². The number of hydrogen-bond acceptors (Lipinski definition) is 5. The predicted octanol–water partition coefficient (Wildman–Crippen LogP) is 5.11. The lowest BCUT2D eigenvalue weighted by molar-refractivity contribution is 0.488. The molecule has 5 heteroatoms. The fraction of sp³-hybridized carbons (Fsp3) is 0.238. The average Bonchev–Trinajstić information content (AvgIpc) is 3.08. The predicted molar refractivity (Wildman–Crippen MR) is 103 cm³/mol. The number of thioether (sulfide) groups is 1. The quantitative estimate of drug-likeness (QED) is 0.374. The van der Waals surface area contributed by atoms with Crippen molar-refractivity contribution in [3.05, 3.63) is 69.6 Å². The van der Waals surface area contributed by atoms with E-state index < -0.39 is 0 Å². The van der Waals surface area contributed by atoms with Gasteiger partial charge in [0, 0.05) is 22.8 Å². The monoisotopic (exact) mass is 363 g/mol. The minimum absolute atomic E-state index is 0.204. The third kappa shape index (κ3) is 2.72. The van der Waals surface area contributed by atoms with Gasteiger partial charge in [0.15, 0.2) is 5.58 Å². The highest BCUT2D eigenvalue weighted by atomic mass is 32.2. The van der Waals surface area contributed by atoms with Crippen molar-refractivity contribution in [1.82, 2.24) is 4.98 Å². The molecule has 1 aliphatic rings. The van der Waals surface area contributed by atoms with E-state index in [1.54, 1.807) is 17.8 Å². The van der Waals surface area contributed by atoms with Gasteiger partial charge < -0.3 is 8.83 Å². The normalized spacial score (nSPS) is 14.0. The first kappa shape index (κ1) is 15.7. The van der Waals surface area contributed by atoms with Crippen LogP contribution in [0.5, 0.6) is 0 Å². The Morgan fingerprint density at radius 1 is 0.962 bits per heavy atom. The third-order valence-corrected chi connectivity index (χ3v) is 5.82. The van der Waals surface area contributed by atoms with Crippen molar-refractivity contribution in [2.45, 2.75) is 36.7 Å². The van der Waals surface area contributed by atoms with Crippen LogP contribution < -0.4 is 5.63 Å². The first-order valence-corrected chi connectivity index (χ1v) is 9.82. The largest absolute Gasteiger partial charge is 0.431 e. The maximum absolute atomic E-state index is 12.3. The minimum Gasteiger partial charge on any atom is -0.431 e. The molecule has 26 heavy (non-hydrogen) atoms. The SMILES string of the molecule is O=c1oc2cc3oc(SCc4ccccc4)nc3cc2c2c1CCCC2. The smallest absolute Gasteiger partial charge is 0.339 e. The van der Waals surface area contributed by atoms with Crippen LogP contribution in [0.3, 0.4) is 0 Å². The van der Waals surface area contributed by atoms with Gasteiger partial charge in [-0.25, -0.2) is 9.78 Å². The lowest BCUT2D eigenvalue weighted by Gasteiger charge is -2.15. The molecule has 1 aliphatic carbocycles. The maximum Gasteiger partial charge on any atom is 0.339 e. The molecule has 0 radical (unpaired) electrons. The van der Waals surface area contributed by atoms with Crippen LogP contribution in [0.15, 0.2) is 61.3 Å². The molecule has 4 aromatic rings. The first-order chi connectivity index (χ1) is 12.8. The van der Waals surface area contributed by atoms with Crippen molar-refractivity contribution >= 4 is 33.8 Å². The molecule has 0 atom stereocenters. The third-order valence-electron chi connectivity index (χ3n) is 4.92. The lowest BCUT2D eigenvalue weighted by atomic mass is 9.90. The maximum atomic E-state index is 12.3. The summed E-state index contributed by atoms with van der Waals surface area (Å²) in [6, 6.07) is 14.1. The zero-order valence-electron chi connectivity index (χ0n) is 14.2. The summed E-state index contributed by atoms with van der Waals surface area (Å²) in [5.41, 5.74) is 5.06. The number of hydrogen-bond donors (Lipinski definition) is 0. The summed E-state index contributed by atoms with van der Waals surface area (Å²) in [6.07, 6.45) is 3.90. The van der Waals surface area contributed by atoms with Crippen molar-refractivity contribution < 1.29 is 8.83 Å². The summed E-state index contributed by atoms with van der Waals surface area (Å²) < 4.78 is 11.4. The van der Waals surface area contributed by atoms with Gasteiger partial charge in [-0.05, 0) is 42.9 Å². The van der Waals surface area contributed by atoms with E-state index in [1.165, 1.54) is 5.56 Å². The molecule has 2 heterocycles. The molecule has 0 aliphatic heterocycles. The Kier molecular flexibility index (Phi) is 3.82. The molecule has 2 aromatic carbocycles. The lowest BCUT2D eigenvalue weighted by Crippen LogP contribution is -2.15. The number of aryl methyl sites for hydroxylation is 1. The van der Waals surface area contributed by atoms with E-state index in [0.717, 1.165) is 53.5 Å². The van der Waals surface area contributed by atoms with Crippen LogP contribution in [-0.4, -0.2) is 4.98 Å². The van der Waals surface area contributed by atoms with Crippen LogP contribution in [0.1, 0.15) is 29.5 Å². The van der Waals surface area contributed by atoms with Gasteiger partial charge in [-0.2, -0.15) is 0 Å². The van der Waals surface area contributed by atoms with Crippen molar-refractivity contribution in [2.24, 2.45) is 0 Å². The van der Waals surface area contributed by atoms with E-state index in [9.17, 15) is 4.79 Å². The molecule has 130 valence electrons. The number of oxazole rings is 1. The molecule has 0 fully saturated rings. The second-order valence-corrected chi connectivity index (χ2v) is 7.55. The summed E-state index contributed by atoms with van der Waals surface area (Å²) in [5.74, 6) is 0.803. The molecular formula is C21H17NO3S. The molecule has 0 N–H and O–H groups in total. The number of rotatable bonds is 3.